The third-order valence-corrected chi connectivity index (χ3v) is 11.7. The molecule has 6 heteroatoms. The topological polar surface area (TPSA) is 42.4 Å². The normalized spacial score (nSPS) is 12.1. The lowest BCUT2D eigenvalue weighted by atomic mass is 10.1. The summed E-state index contributed by atoms with van der Waals surface area (Å²) in [7, 11) is 0. The highest BCUT2D eigenvalue weighted by Gasteiger charge is 2.26. The summed E-state index contributed by atoms with van der Waals surface area (Å²) in [5.74, 6) is 0. The van der Waals surface area contributed by atoms with E-state index >= 15 is 0 Å². The molecule has 0 radical (unpaired) electrons. The zero-order valence-electron chi connectivity index (χ0n) is 25.9. The maximum Gasteiger partial charge on any atom is 0.161 e. The molecule has 0 unspecified atom stereocenters. The van der Waals surface area contributed by atoms with Gasteiger partial charge in [0.05, 0.1) is 4.70 Å². The number of rotatable bonds is 4. The van der Waals surface area contributed by atoms with E-state index in [4.69, 9.17) is 13.8 Å². The molecule has 0 atom stereocenters. The minimum absolute atomic E-state index is 0.812. The van der Waals surface area contributed by atoms with E-state index in [9.17, 15) is 0 Å². The fourth-order valence-corrected chi connectivity index (χ4v) is 9.40. The second-order valence-corrected chi connectivity index (χ2v) is 14.4. The van der Waals surface area contributed by atoms with Crippen molar-refractivity contribution in [3.05, 3.63) is 146 Å². The summed E-state index contributed by atoms with van der Waals surface area (Å²) in [4.78, 5) is 7.72. The molecule has 11 aromatic rings. The van der Waals surface area contributed by atoms with Crippen LogP contribution in [0.5, 0.6) is 0 Å². The third kappa shape index (κ3) is 4.05. The summed E-state index contributed by atoms with van der Waals surface area (Å²) in [5, 5.41) is 7.83. The number of anilines is 3. The molecule has 0 aliphatic rings. The highest BCUT2D eigenvalue weighted by molar-refractivity contribution is 7.25. The molecule has 4 nitrogen and oxygen atoms in total. The largest absolute Gasteiger partial charge is 0.456 e. The average molecular weight is 665 g/mol. The Morgan fingerprint density at radius 1 is 0.449 bits per heavy atom. The molecule has 49 heavy (non-hydrogen) atoms. The molecular weight excluding hydrogens is 641 g/mol. The molecule has 11 rings (SSSR count). The van der Waals surface area contributed by atoms with Crippen molar-refractivity contribution in [2.24, 2.45) is 0 Å². The standard InChI is InChI=1S/C43H24N2O2S2/c1-2-10-25(11-3-1)43-44-40-39(49-43)24-33-29-13-5-8-16-35(29)47-42(33)41(40)45(26-19-21-36-32(22-26)28-12-4-7-15-34(28)46-36)27-18-20-31-30-14-6-9-17-37(30)48-38(31)23-27/h1-24H. The number of para-hydroxylation sites is 2. The van der Waals surface area contributed by atoms with E-state index in [1.807, 2.05) is 41.7 Å². The van der Waals surface area contributed by atoms with Crippen molar-refractivity contribution in [1.29, 1.82) is 0 Å². The van der Waals surface area contributed by atoms with Gasteiger partial charge in [-0.1, -0.05) is 91.0 Å². The van der Waals surface area contributed by atoms with Crippen molar-refractivity contribution in [2.45, 2.75) is 0 Å². The van der Waals surface area contributed by atoms with Crippen LogP contribution in [0.25, 0.3) is 84.8 Å². The Bertz CT molecular complexity index is 3080. The van der Waals surface area contributed by atoms with Crippen LogP contribution in [0, 0.1) is 0 Å². The first-order chi connectivity index (χ1) is 24.3. The highest BCUT2D eigenvalue weighted by atomic mass is 32.1. The van der Waals surface area contributed by atoms with Gasteiger partial charge in [0.2, 0.25) is 0 Å². The number of nitrogens with zero attached hydrogens (tertiary/aromatic N) is 2. The van der Waals surface area contributed by atoms with Gasteiger partial charge in [-0.3, -0.25) is 0 Å². The lowest BCUT2D eigenvalue weighted by Gasteiger charge is -2.26. The van der Waals surface area contributed by atoms with Gasteiger partial charge in [0.25, 0.3) is 0 Å². The summed E-state index contributed by atoms with van der Waals surface area (Å²) >= 11 is 3.54. The van der Waals surface area contributed by atoms with E-state index in [0.717, 1.165) is 81.7 Å². The van der Waals surface area contributed by atoms with Crippen molar-refractivity contribution in [2.75, 3.05) is 4.90 Å². The summed E-state index contributed by atoms with van der Waals surface area (Å²) in [6.45, 7) is 0. The molecular formula is C43H24N2O2S2. The van der Waals surface area contributed by atoms with E-state index in [1.165, 1.54) is 20.2 Å². The van der Waals surface area contributed by atoms with E-state index in [1.54, 1.807) is 11.3 Å². The van der Waals surface area contributed by atoms with Crippen LogP contribution in [0.3, 0.4) is 0 Å². The number of benzene rings is 7. The van der Waals surface area contributed by atoms with E-state index in [-0.39, 0.29) is 0 Å². The second-order valence-electron chi connectivity index (χ2n) is 12.3. The first-order valence-electron chi connectivity index (χ1n) is 16.2. The van der Waals surface area contributed by atoms with Crippen molar-refractivity contribution >= 4 is 114 Å². The van der Waals surface area contributed by atoms with Crippen molar-refractivity contribution in [1.82, 2.24) is 4.98 Å². The molecule has 0 saturated carbocycles. The summed E-state index contributed by atoms with van der Waals surface area (Å²) in [6, 6.07) is 51.2. The molecule has 0 aliphatic heterocycles. The van der Waals surface area contributed by atoms with Crippen molar-refractivity contribution < 1.29 is 8.83 Å². The maximum absolute atomic E-state index is 6.82. The van der Waals surface area contributed by atoms with Crippen LogP contribution < -0.4 is 4.90 Å². The van der Waals surface area contributed by atoms with Crippen molar-refractivity contribution in [3.8, 4) is 10.6 Å². The number of thiazole rings is 1. The van der Waals surface area contributed by atoms with Gasteiger partial charge in [-0.2, -0.15) is 0 Å². The zero-order chi connectivity index (χ0) is 32.1. The van der Waals surface area contributed by atoms with Gasteiger partial charge in [0.1, 0.15) is 33.0 Å². The highest BCUT2D eigenvalue weighted by Crippen LogP contribution is 2.50. The molecule has 0 bridgehead atoms. The molecule has 0 spiro atoms. The fourth-order valence-electron chi connectivity index (χ4n) is 7.25. The molecule has 0 fully saturated rings. The number of thiophene rings is 1. The monoisotopic (exact) mass is 664 g/mol. The van der Waals surface area contributed by atoms with E-state index in [2.05, 4.69) is 120 Å². The number of furan rings is 2. The summed E-state index contributed by atoms with van der Waals surface area (Å²) < 4.78 is 16.7. The number of aromatic nitrogens is 1. The van der Waals surface area contributed by atoms with Crippen molar-refractivity contribution in [3.63, 3.8) is 0 Å². The van der Waals surface area contributed by atoms with Gasteiger partial charge < -0.3 is 13.7 Å². The van der Waals surface area contributed by atoms with Crippen LogP contribution in [0.4, 0.5) is 17.1 Å². The molecule has 4 aromatic heterocycles. The quantitative estimate of drug-likeness (QED) is 0.188. The molecule has 0 aliphatic carbocycles. The predicted octanol–water partition coefficient (Wildman–Crippen LogP) is 13.6. The Morgan fingerprint density at radius 3 is 1.96 bits per heavy atom. The van der Waals surface area contributed by atoms with Crippen LogP contribution in [-0.4, -0.2) is 4.98 Å². The van der Waals surface area contributed by atoms with Gasteiger partial charge in [-0.25, -0.2) is 4.98 Å². The molecule has 0 amide bonds. The Kier molecular flexibility index (Phi) is 5.67. The lowest BCUT2D eigenvalue weighted by Crippen LogP contribution is -2.11. The third-order valence-electron chi connectivity index (χ3n) is 9.49. The first-order valence-corrected chi connectivity index (χ1v) is 17.8. The maximum atomic E-state index is 6.82. The molecule has 7 aromatic carbocycles. The van der Waals surface area contributed by atoms with Gasteiger partial charge >= 0.3 is 0 Å². The molecule has 0 N–H and O–H groups in total. The predicted molar refractivity (Wildman–Crippen MR) is 207 cm³/mol. The molecule has 230 valence electrons. The SMILES string of the molecule is c1ccc(-c2nc3c(N(c4ccc5c(c4)sc4ccccc45)c4ccc5oc6ccccc6c5c4)c4oc5ccccc5c4cc3s2)cc1. The Morgan fingerprint density at radius 2 is 1.10 bits per heavy atom. The van der Waals surface area contributed by atoms with Crippen LogP contribution in [0.15, 0.2) is 154 Å². The Balaban J connectivity index is 1.27. The average Bonchev–Trinajstić information content (AvgIpc) is 3.93. The zero-order valence-corrected chi connectivity index (χ0v) is 27.5. The smallest absolute Gasteiger partial charge is 0.161 e. The van der Waals surface area contributed by atoms with Gasteiger partial charge in [0.15, 0.2) is 5.58 Å². The van der Waals surface area contributed by atoms with E-state index in [0.29, 0.717) is 0 Å². The Hall–Kier alpha value is -5.95. The number of hydrogen-bond acceptors (Lipinski definition) is 6. The Labute approximate surface area is 287 Å². The minimum atomic E-state index is 0.812. The number of fused-ring (bicyclic) bond motifs is 10. The van der Waals surface area contributed by atoms with Gasteiger partial charge in [-0.15, -0.1) is 22.7 Å². The lowest BCUT2D eigenvalue weighted by molar-refractivity contribution is 0.669. The summed E-state index contributed by atoms with van der Waals surface area (Å²) in [6.07, 6.45) is 0. The van der Waals surface area contributed by atoms with Crippen LogP contribution in [0.1, 0.15) is 0 Å². The molecule has 0 saturated heterocycles. The second kappa shape index (κ2) is 10.3. The van der Waals surface area contributed by atoms with Crippen LogP contribution in [0.2, 0.25) is 0 Å². The van der Waals surface area contributed by atoms with Gasteiger partial charge in [0, 0.05) is 58.7 Å². The van der Waals surface area contributed by atoms with Crippen LogP contribution in [-0.2, 0) is 0 Å². The first kappa shape index (κ1) is 27.0. The van der Waals surface area contributed by atoms with E-state index < -0.39 is 0 Å². The summed E-state index contributed by atoms with van der Waals surface area (Å²) in [5.41, 5.74) is 8.37. The van der Waals surface area contributed by atoms with Crippen LogP contribution >= 0.6 is 22.7 Å². The number of hydrogen-bond donors (Lipinski definition) is 0. The van der Waals surface area contributed by atoms with Gasteiger partial charge in [-0.05, 0) is 54.6 Å². The minimum Gasteiger partial charge on any atom is -0.456 e. The fraction of sp³-hybridized carbons (Fsp3) is 0. The molecule has 4 heterocycles.